The highest BCUT2D eigenvalue weighted by Gasteiger charge is 2.30. The van der Waals surface area contributed by atoms with Crippen LogP contribution in [0.1, 0.15) is 179 Å². The predicted molar refractivity (Wildman–Crippen MR) is 327 cm³/mol. The Balaban J connectivity index is 1.37. The number of amides is 5. The fourth-order valence-corrected chi connectivity index (χ4v) is 9.93. The Morgan fingerprint density at radius 1 is 0.558 bits per heavy atom. The average molecular weight is 1220 g/mol. The smallest absolute Gasteiger partial charge is 0.326 e. The van der Waals surface area contributed by atoms with E-state index in [9.17, 15) is 48.6 Å². The van der Waals surface area contributed by atoms with Crippen molar-refractivity contribution in [1.82, 2.24) is 37.2 Å². The summed E-state index contributed by atoms with van der Waals surface area (Å²) in [4.78, 5) is 97.1. The molecule has 0 aromatic heterocycles. The first-order valence-electron chi connectivity index (χ1n) is 31.6. The Bertz CT molecular complexity index is 2060. The number of carboxylic acid groups (broad SMARTS) is 2. The number of phenolic OH excluding ortho intramolecular Hbond substituents is 1. The molecule has 3 atom stereocenters. The van der Waals surface area contributed by atoms with Gasteiger partial charge in [0.05, 0.1) is 58.3 Å². The first-order valence-corrected chi connectivity index (χ1v) is 31.6. The van der Waals surface area contributed by atoms with Crippen LogP contribution in [-0.2, 0) is 63.7 Å². The number of nitrogens with two attached hydrogens (primary N) is 1. The highest BCUT2D eigenvalue weighted by atomic mass is 16.5. The zero-order valence-electron chi connectivity index (χ0n) is 51.3. The molecule has 2 rings (SSSR count). The maximum Gasteiger partial charge on any atom is 0.326 e. The van der Waals surface area contributed by atoms with Crippen LogP contribution < -0.4 is 43.0 Å². The number of unbranched alkanes of at least 4 members (excludes halogenated alkanes) is 16. The molecule has 2 radical (unpaired) electrons. The summed E-state index contributed by atoms with van der Waals surface area (Å²) in [6.45, 7) is 6.58. The molecule has 12 N–H and O–H groups in total. The number of carboxylic acids is 2. The summed E-state index contributed by atoms with van der Waals surface area (Å²) in [7, 11) is 5.60. The van der Waals surface area contributed by atoms with Crippen molar-refractivity contribution in [2.75, 3.05) is 85.6 Å². The minimum Gasteiger partial charge on any atom is -0.508 e. The fourth-order valence-electron chi connectivity index (χ4n) is 9.93. The summed E-state index contributed by atoms with van der Waals surface area (Å²) in [5, 5.41) is 47.8. The number of hydrogen-bond donors (Lipinski definition) is 11. The number of benzene rings is 1. The summed E-state index contributed by atoms with van der Waals surface area (Å²) in [5.41, 5.74) is 6.89. The van der Waals surface area contributed by atoms with Crippen molar-refractivity contribution < 1.29 is 72.6 Å². The summed E-state index contributed by atoms with van der Waals surface area (Å²) < 4.78 is 21.7. The van der Waals surface area contributed by atoms with Gasteiger partial charge < -0.3 is 71.9 Å². The maximum atomic E-state index is 13.1. The number of ketones is 1. The number of hydrogen-bond acceptors (Lipinski definition) is 16. The Kier molecular flexibility index (Phi) is 44.7. The molecule has 1 unspecified atom stereocenters. The third kappa shape index (κ3) is 41.4. The van der Waals surface area contributed by atoms with E-state index < -0.39 is 36.0 Å². The minimum absolute atomic E-state index is 0.0810. The molecule has 0 bridgehead atoms. The highest BCUT2D eigenvalue weighted by Crippen LogP contribution is 2.29. The Morgan fingerprint density at radius 3 is 1.59 bits per heavy atom. The van der Waals surface area contributed by atoms with Gasteiger partial charge in [0.2, 0.25) is 29.5 Å². The number of Topliss-reactive ketones (excluding diaryl/α,β-unsaturated/α-hetero) is 1. The zero-order valence-corrected chi connectivity index (χ0v) is 51.3. The monoisotopic (exact) mass is 1210 g/mol. The molecule has 1 fully saturated rings. The van der Waals surface area contributed by atoms with E-state index >= 15 is 0 Å². The summed E-state index contributed by atoms with van der Waals surface area (Å²) in [5.74, 6) is -3.31. The Hall–Kier alpha value is -5.72. The van der Waals surface area contributed by atoms with E-state index in [0.717, 1.165) is 56.9 Å². The minimum atomic E-state index is -1.10. The summed E-state index contributed by atoms with van der Waals surface area (Å²) >= 11 is 0. The van der Waals surface area contributed by atoms with Gasteiger partial charge in [0, 0.05) is 57.7 Å². The van der Waals surface area contributed by atoms with Crippen LogP contribution in [-0.4, -0.2) is 166 Å². The topological polar surface area (TPSA) is 344 Å². The van der Waals surface area contributed by atoms with Crippen LogP contribution in [0, 0.1) is 18.9 Å². The lowest BCUT2D eigenvalue weighted by molar-refractivity contribution is -0.143. The average Bonchev–Trinajstić information content (AvgIpc) is 3.70. The van der Waals surface area contributed by atoms with Crippen LogP contribution in [0.3, 0.4) is 0 Å². The molecular weight excluding hydrogens is 1110 g/mol. The summed E-state index contributed by atoms with van der Waals surface area (Å²) in [6.07, 6.45) is 24.8. The molecule has 1 aromatic carbocycles. The van der Waals surface area contributed by atoms with Crippen molar-refractivity contribution in [2.24, 2.45) is 17.6 Å². The maximum absolute atomic E-state index is 13.1. The molecule has 23 nitrogen and oxygen atoms in total. The molecule has 23 heteroatoms. The van der Waals surface area contributed by atoms with Crippen molar-refractivity contribution in [1.29, 1.82) is 0 Å². The Labute approximate surface area is 511 Å². The highest BCUT2D eigenvalue weighted by molar-refractivity contribution is 5.87. The number of phenols is 1. The van der Waals surface area contributed by atoms with Gasteiger partial charge in [-0.25, -0.2) is 4.79 Å². The van der Waals surface area contributed by atoms with Gasteiger partial charge in [-0.1, -0.05) is 109 Å². The van der Waals surface area contributed by atoms with E-state index in [-0.39, 0.29) is 120 Å². The van der Waals surface area contributed by atoms with E-state index in [4.69, 9.17) is 36.8 Å². The lowest BCUT2D eigenvalue weighted by Crippen LogP contribution is -2.48. The molecule has 0 heterocycles. The van der Waals surface area contributed by atoms with Gasteiger partial charge in [-0.15, -0.1) is 0 Å². The predicted octanol–water partition coefficient (Wildman–Crippen LogP) is 5.53. The van der Waals surface area contributed by atoms with Gasteiger partial charge in [0.1, 0.15) is 25.0 Å². The van der Waals surface area contributed by atoms with E-state index in [1.807, 2.05) is 0 Å². The van der Waals surface area contributed by atoms with Gasteiger partial charge in [-0.05, 0) is 101 Å². The third-order valence-electron chi connectivity index (χ3n) is 15.2. The van der Waals surface area contributed by atoms with Gasteiger partial charge in [0.15, 0.2) is 5.78 Å². The first kappa shape index (κ1) is 76.4. The molecule has 1 aliphatic rings. The largest absolute Gasteiger partial charge is 0.508 e. The molecule has 0 spiro atoms. The number of aromatic hydroxyl groups is 1. The first-order chi connectivity index (χ1) is 41.6. The molecule has 86 heavy (non-hydrogen) atoms. The molecule has 0 aliphatic heterocycles. The van der Waals surface area contributed by atoms with Gasteiger partial charge in [-0.3, -0.25) is 38.9 Å². The quantitative estimate of drug-likeness (QED) is 0.0282. The van der Waals surface area contributed by atoms with E-state index in [1.165, 1.54) is 76.3 Å². The van der Waals surface area contributed by atoms with E-state index in [0.29, 0.717) is 82.8 Å². The number of aliphatic carboxylic acids is 2. The van der Waals surface area contributed by atoms with Crippen LogP contribution in [0.2, 0.25) is 0 Å². The molecule has 1 saturated carbocycles. The van der Waals surface area contributed by atoms with E-state index in [2.05, 4.69) is 43.8 Å². The number of ether oxygens (including phenoxy) is 4. The molecule has 488 valence electrons. The molecule has 0 saturated heterocycles. The number of allylic oxidation sites excluding steroid dienone is 1. The van der Waals surface area contributed by atoms with Crippen LogP contribution >= 0.6 is 0 Å². The zero-order chi connectivity index (χ0) is 62.8. The van der Waals surface area contributed by atoms with Gasteiger partial charge in [-0.2, -0.15) is 0 Å². The van der Waals surface area contributed by atoms with Crippen molar-refractivity contribution in [3.05, 3.63) is 49.2 Å². The SMILES string of the molecule is [CH]N[C@@H](CCCCNC(=O)COCCOCCNC(=O)COCCOCCNC(=C)CCC(NC(=O)C1CCC(CNC(=O)CCCCCCCCCCCCCCCCCCC(=O)O)CC1)C(=O)O)C(=O)CN[C@@H](Cc1ccc(O)cc1)C(N)=O. The van der Waals surface area contributed by atoms with Crippen molar-refractivity contribution in [3.8, 4) is 5.75 Å². The van der Waals surface area contributed by atoms with Gasteiger partial charge in [0.25, 0.3) is 0 Å². The second-order valence-electron chi connectivity index (χ2n) is 22.5. The number of carbonyl (C=O) groups excluding carboxylic acids is 6. The number of nitrogens with one attached hydrogen (secondary N) is 7. The molecular formula is C63H106N8O15. The van der Waals surface area contributed by atoms with Crippen LogP contribution in [0.15, 0.2) is 36.5 Å². The van der Waals surface area contributed by atoms with Crippen molar-refractivity contribution >= 4 is 47.3 Å². The second-order valence-corrected chi connectivity index (χ2v) is 22.5. The Morgan fingerprint density at radius 2 is 1.07 bits per heavy atom. The molecule has 5 amide bonds. The standard InChI is InChI=1S/C63H106N8O15/c1-48(24-33-54(63(81)82)71-62(80)51-29-25-50(26-30-51)44-70-57(74)22-17-15-13-11-9-7-5-3-4-6-8-10-12-14-16-18-23-60(77)78)66-35-37-83-39-41-86-47-59(76)68-36-38-84-40-42-85-46-58(75)67-34-20-19-21-53(65-2)56(73)45-69-55(61(64)79)43-49-27-31-52(72)32-28-49/h2,27-28,31-32,50-51,53-55,65-66,69,72H,1,3-26,29-30,33-47H2,(H2,64,79)(H,67,75)(H,68,76)(H,70,74)(H,71,80)(H,77,78)(H,81,82)/t50?,51?,53-,54?,55-/m0/s1. The molecule has 1 aliphatic carbocycles. The number of carbonyl (C=O) groups is 8. The fraction of sp³-hybridized carbons (Fsp3) is 0.730. The van der Waals surface area contributed by atoms with E-state index in [1.54, 1.807) is 12.1 Å². The van der Waals surface area contributed by atoms with Crippen molar-refractivity contribution in [2.45, 2.75) is 198 Å². The normalized spacial score (nSPS) is 15.0. The third-order valence-corrected chi connectivity index (χ3v) is 15.2. The number of rotatable bonds is 57. The lowest BCUT2D eigenvalue weighted by atomic mass is 9.81. The van der Waals surface area contributed by atoms with Crippen LogP contribution in [0.25, 0.3) is 0 Å². The molecule has 1 aromatic rings. The van der Waals surface area contributed by atoms with Crippen LogP contribution in [0.5, 0.6) is 5.75 Å². The van der Waals surface area contributed by atoms with Crippen molar-refractivity contribution in [3.63, 3.8) is 0 Å². The summed E-state index contributed by atoms with van der Waals surface area (Å²) in [6, 6.07) is 3.85. The number of primary amides is 1. The second kappa shape index (κ2) is 50.3. The lowest BCUT2D eigenvalue weighted by Gasteiger charge is -2.29. The van der Waals surface area contributed by atoms with Gasteiger partial charge >= 0.3 is 11.9 Å². The van der Waals surface area contributed by atoms with Crippen LogP contribution in [0.4, 0.5) is 0 Å².